The zero-order valence-electron chi connectivity index (χ0n) is 11.4. The van der Waals surface area contributed by atoms with Crippen LogP contribution in [0.4, 0.5) is 0 Å². The average molecular weight is 235 g/mol. The number of rotatable bonds is 7. The zero-order chi connectivity index (χ0) is 12.3. The Kier molecular flexibility index (Phi) is 3.87. The second-order valence-electron chi connectivity index (χ2n) is 5.46. The Hall–Kier alpha value is -0.830. The minimum Gasteiger partial charge on any atom is -0.311 e. The predicted octanol–water partition coefficient (Wildman–Crippen LogP) is 2.65. The monoisotopic (exact) mass is 235 g/mol. The highest BCUT2D eigenvalue weighted by atomic mass is 15.3. The fourth-order valence-electron chi connectivity index (χ4n) is 2.59. The zero-order valence-corrected chi connectivity index (χ0v) is 11.4. The predicted molar refractivity (Wildman–Crippen MR) is 70.9 cm³/mol. The van der Waals surface area contributed by atoms with E-state index in [2.05, 4.69) is 30.3 Å². The van der Waals surface area contributed by atoms with Gasteiger partial charge in [0.05, 0.1) is 11.4 Å². The van der Waals surface area contributed by atoms with Crippen LogP contribution >= 0.6 is 0 Å². The molecule has 0 saturated heterocycles. The maximum Gasteiger partial charge on any atom is 0.0625 e. The fourth-order valence-corrected chi connectivity index (χ4v) is 2.59. The summed E-state index contributed by atoms with van der Waals surface area (Å²) in [6.45, 7) is 6.57. The molecule has 0 bridgehead atoms. The van der Waals surface area contributed by atoms with Crippen LogP contribution in [0.2, 0.25) is 0 Å². The van der Waals surface area contributed by atoms with Crippen molar-refractivity contribution in [3.8, 4) is 0 Å². The topological polar surface area (TPSA) is 29.9 Å². The first kappa shape index (κ1) is 12.6. The molecule has 1 aromatic rings. The van der Waals surface area contributed by atoms with Crippen LogP contribution < -0.4 is 5.32 Å². The molecule has 0 atom stereocenters. The number of aryl methyl sites for hydroxylation is 2. The molecule has 96 valence electrons. The summed E-state index contributed by atoms with van der Waals surface area (Å²) < 4.78 is 2.01. The highest BCUT2D eigenvalue weighted by Crippen LogP contribution is 2.48. The summed E-state index contributed by atoms with van der Waals surface area (Å²) in [5.74, 6) is 0. The van der Waals surface area contributed by atoms with Gasteiger partial charge in [-0.25, -0.2) is 0 Å². The summed E-state index contributed by atoms with van der Waals surface area (Å²) in [4.78, 5) is 0. The quantitative estimate of drug-likeness (QED) is 0.787. The molecule has 0 spiro atoms. The van der Waals surface area contributed by atoms with Crippen molar-refractivity contribution in [1.82, 2.24) is 15.1 Å². The van der Waals surface area contributed by atoms with E-state index in [0.717, 1.165) is 13.0 Å². The van der Waals surface area contributed by atoms with Crippen molar-refractivity contribution in [2.75, 3.05) is 6.54 Å². The highest BCUT2D eigenvalue weighted by Gasteiger charge is 2.40. The first-order chi connectivity index (χ1) is 8.19. The van der Waals surface area contributed by atoms with Crippen LogP contribution in [0.5, 0.6) is 0 Å². The Morgan fingerprint density at radius 3 is 2.71 bits per heavy atom. The van der Waals surface area contributed by atoms with E-state index in [1.54, 1.807) is 0 Å². The maximum atomic E-state index is 4.47. The van der Waals surface area contributed by atoms with E-state index in [0.29, 0.717) is 5.41 Å². The van der Waals surface area contributed by atoms with Crippen LogP contribution in [0.3, 0.4) is 0 Å². The van der Waals surface area contributed by atoms with Crippen LogP contribution in [0.25, 0.3) is 0 Å². The van der Waals surface area contributed by atoms with Crippen molar-refractivity contribution in [3.63, 3.8) is 0 Å². The summed E-state index contributed by atoms with van der Waals surface area (Å²) in [6.07, 6.45) is 6.55. The minimum absolute atomic E-state index is 0.640. The van der Waals surface area contributed by atoms with Gasteiger partial charge in [-0.1, -0.05) is 20.3 Å². The van der Waals surface area contributed by atoms with E-state index in [1.807, 2.05) is 11.7 Å². The van der Waals surface area contributed by atoms with Gasteiger partial charge >= 0.3 is 0 Å². The first-order valence-electron chi connectivity index (χ1n) is 6.91. The van der Waals surface area contributed by atoms with E-state index in [1.165, 1.54) is 43.6 Å². The van der Waals surface area contributed by atoms with E-state index < -0.39 is 0 Å². The van der Waals surface area contributed by atoms with Crippen molar-refractivity contribution in [2.45, 2.75) is 52.5 Å². The van der Waals surface area contributed by atoms with Crippen molar-refractivity contribution < 1.29 is 0 Å². The summed E-state index contributed by atoms with van der Waals surface area (Å²) in [5, 5.41) is 8.08. The van der Waals surface area contributed by atoms with Crippen molar-refractivity contribution in [1.29, 1.82) is 0 Å². The van der Waals surface area contributed by atoms with Crippen LogP contribution in [0.1, 0.15) is 50.9 Å². The van der Waals surface area contributed by atoms with Crippen LogP contribution in [0.15, 0.2) is 6.07 Å². The molecule has 0 amide bonds. The molecule has 2 rings (SSSR count). The summed E-state index contributed by atoms with van der Waals surface area (Å²) in [5.41, 5.74) is 3.13. The normalized spacial score (nSPS) is 17.4. The van der Waals surface area contributed by atoms with Gasteiger partial charge in [0.1, 0.15) is 0 Å². The van der Waals surface area contributed by atoms with Gasteiger partial charge in [-0.15, -0.1) is 0 Å². The van der Waals surface area contributed by atoms with Gasteiger partial charge in [0.2, 0.25) is 0 Å². The lowest BCUT2D eigenvalue weighted by molar-refractivity contribution is 0.417. The van der Waals surface area contributed by atoms with Gasteiger partial charge in [0.15, 0.2) is 0 Å². The molecule has 1 saturated carbocycles. The van der Waals surface area contributed by atoms with Gasteiger partial charge in [-0.05, 0) is 37.2 Å². The van der Waals surface area contributed by atoms with E-state index in [-0.39, 0.29) is 0 Å². The number of nitrogens with zero attached hydrogens (tertiary/aromatic N) is 2. The van der Waals surface area contributed by atoms with Gasteiger partial charge in [0.25, 0.3) is 0 Å². The Labute approximate surface area is 105 Å². The second kappa shape index (κ2) is 5.21. The molecule has 17 heavy (non-hydrogen) atoms. The minimum atomic E-state index is 0.640. The smallest absolute Gasteiger partial charge is 0.0625 e. The molecular formula is C14H25N3. The number of hydrogen-bond donors (Lipinski definition) is 1. The summed E-state index contributed by atoms with van der Waals surface area (Å²) in [7, 11) is 2.04. The average Bonchev–Trinajstić information content (AvgIpc) is 2.97. The maximum absolute atomic E-state index is 4.47. The molecule has 1 heterocycles. The van der Waals surface area contributed by atoms with Crippen molar-refractivity contribution in [3.05, 3.63) is 17.5 Å². The van der Waals surface area contributed by atoms with Gasteiger partial charge in [0, 0.05) is 20.1 Å². The molecule has 0 aliphatic heterocycles. The standard InChI is InChI=1S/C14H25N3/c1-4-6-14(7-8-14)11-15-10-13-9-12(5-2)16-17(13)3/h9,15H,4-8,10-11H2,1-3H3. The third-order valence-corrected chi connectivity index (χ3v) is 3.93. The molecule has 1 aliphatic rings. The number of aromatic nitrogens is 2. The lowest BCUT2D eigenvalue weighted by Crippen LogP contribution is -2.24. The molecule has 1 fully saturated rings. The SMILES string of the molecule is CCCC1(CNCc2cc(CC)nn2C)CC1. The lowest BCUT2D eigenvalue weighted by atomic mass is 10.0. The molecule has 3 nitrogen and oxygen atoms in total. The summed E-state index contributed by atoms with van der Waals surface area (Å²) in [6, 6.07) is 2.21. The van der Waals surface area contributed by atoms with Gasteiger partial charge in [-0.2, -0.15) is 5.10 Å². The van der Waals surface area contributed by atoms with Crippen LogP contribution in [-0.2, 0) is 20.0 Å². The Morgan fingerprint density at radius 1 is 1.41 bits per heavy atom. The van der Waals surface area contributed by atoms with Crippen molar-refractivity contribution in [2.24, 2.45) is 12.5 Å². The van der Waals surface area contributed by atoms with Gasteiger partial charge < -0.3 is 5.32 Å². The molecule has 3 heteroatoms. The first-order valence-corrected chi connectivity index (χ1v) is 6.91. The largest absolute Gasteiger partial charge is 0.311 e. The Balaban J connectivity index is 1.80. The molecular weight excluding hydrogens is 210 g/mol. The lowest BCUT2D eigenvalue weighted by Gasteiger charge is -2.14. The van der Waals surface area contributed by atoms with E-state index in [9.17, 15) is 0 Å². The third-order valence-electron chi connectivity index (χ3n) is 3.93. The highest BCUT2D eigenvalue weighted by molar-refractivity contribution is 5.10. The molecule has 0 radical (unpaired) electrons. The Bertz CT molecular complexity index is 364. The fraction of sp³-hybridized carbons (Fsp3) is 0.786. The molecule has 1 aliphatic carbocycles. The molecule has 1 N–H and O–H groups in total. The van der Waals surface area contributed by atoms with Crippen LogP contribution in [0, 0.1) is 5.41 Å². The van der Waals surface area contributed by atoms with Crippen LogP contribution in [-0.4, -0.2) is 16.3 Å². The molecule has 0 aromatic carbocycles. The molecule has 1 aromatic heterocycles. The second-order valence-corrected chi connectivity index (χ2v) is 5.46. The molecule has 0 unspecified atom stereocenters. The number of nitrogens with one attached hydrogen (secondary N) is 1. The Morgan fingerprint density at radius 2 is 2.18 bits per heavy atom. The number of hydrogen-bond acceptors (Lipinski definition) is 2. The van der Waals surface area contributed by atoms with E-state index >= 15 is 0 Å². The third kappa shape index (κ3) is 3.09. The van der Waals surface area contributed by atoms with Gasteiger partial charge in [-0.3, -0.25) is 4.68 Å². The van der Waals surface area contributed by atoms with Crippen molar-refractivity contribution >= 4 is 0 Å². The summed E-state index contributed by atoms with van der Waals surface area (Å²) >= 11 is 0. The van der Waals surface area contributed by atoms with E-state index in [4.69, 9.17) is 0 Å².